The summed E-state index contributed by atoms with van der Waals surface area (Å²) in [5.41, 5.74) is 2.27. The molecule has 120 valence electrons. The van der Waals surface area contributed by atoms with E-state index in [1.165, 1.54) is 44.2 Å². The summed E-state index contributed by atoms with van der Waals surface area (Å²) in [5, 5.41) is 9.24. The highest BCUT2D eigenvalue weighted by molar-refractivity contribution is 6.31. The zero-order valence-electron chi connectivity index (χ0n) is 13.8. The van der Waals surface area contributed by atoms with Crippen LogP contribution in [0.3, 0.4) is 0 Å². The van der Waals surface area contributed by atoms with Gasteiger partial charge in [-0.3, -0.25) is 4.68 Å². The number of aryl methyl sites for hydroxylation is 2. The van der Waals surface area contributed by atoms with Gasteiger partial charge in [0.15, 0.2) is 0 Å². The van der Waals surface area contributed by atoms with Crippen LogP contribution in [-0.4, -0.2) is 22.4 Å². The van der Waals surface area contributed by atoms with Gasteiger partial charge in [0.1, 0.15) is 0 Å². The Morgan fingerprint density at radius 3 is 2.67 bits per heavy atom. The Morgan fingerprint density at radius 2 is 2.00 bits per heavy atom. The molecule has 0 aliphatic heterocycles. The number of halogens is 1. The summed E-state index contributed by atoms with van der Waals surface area (Å²) in [6.07, 6.45) is 9.88. The zero-order valence-corrected chi connectivity index (χ0v) is 14.5. The van der Waals surface area contributed by atoms with E-state index in [1.54, 1.807) is 0 Å². The summed E-state index contributed by atoms with van der Waals surface area (Å²) in [6, 6.07) is 0.642. The highest BCUT2D eigenvalue weighted by atomic mass is 35.5. The molecule has 1 saturated carbocycles. The first kappa shape index (κ1) is 16.8. The van der Waals surface area contributed by atoms with E-state index in [9.17, 15) is 0 Å². The largest absolute Gasteiger partial charge is 0.314 e. The topological polar surface area (TPSA) is 29.9 Å². The van der Waals surface area contributed by atoms with Crippen LogP contribution in [0.1, 0.15) is 63.8 Å². The first-order chi connectivity index (χ1) is 10.2. The van der Waals surface area contributed by atoms with E-state index in [4.69, 9.17) is 11.6 Å². The van der Waals surface area contributed by atoms with Gasteiger partial charge in [0, 0.05) is 13.1 Å². The highest BCUT2D eigenvalue weighted by Gasteiger charge is 2.26. The van der Waals surface area contributed by atoms with Gasteiger partial charge in [-0.05, 0) is 44.6 Å². The maximum atomic E-state index is 6.54. The maximum absolute atomic E-state index is 6.54. The smallest absolute Gasteiger partial charge is 0.0849 e. The minimum atomic E-state index is 0.642. The predicted molar refractivity (Wildman–Crippen MR) is 90.0 cm³/mol. The van der Waals surface area contributed by atoms with Gasteiger partial charge in [-0.1, -0.05) is 44.7 Å². The third-order valence-electron chi connectivity index (χ3n) is 4.77. The van der Waals surface area contributed by atoms with E-state index < -0.39 is 0 Å². The standard InChI is InChI=1S/C17H30ClN3/c1-4-11-19-15-10-8-6-7-9-13(15)12-16-17(18)14(5-2)20-21(16)3/h13,15,19H,4-12H2,1-3H3. The number of nitrogens with zero attached hydrogens (tertiary/aromatic N) is 2. The average Bonchev–Trinajstić information content (AvgIpc) is 2.66. The van der Waals surface area contributed by atoms with Gasteiger partial charge in [-0.2, -0.15) is 5.10 Å². The lowest BCUT2D eigenvalue weighted by Gasteiger charge is -2.26. The van der Waals surface area contributed by atoms with Crippen LogP contribution >= 0.6 is 11.6 Å². The van der Waals surface area contributed by atoms with Crippen molar-refractivity contribution in [2.24, 2.45) is 13.0 Å². The number of rotatable bonds is 6. The lowest BCUT2D eigenvalue weighted by atomic mass is 9.90. The zero-order chi connectivity index (χ0) is 15.2. The van der Waals surface area contributed by atoms with Crippen LogP contribution in [0, 0.1) is 5.92 Å². The normalized spacial score (nSPS) is 23.2. The summed E-state index contributed by atoms with van der Waals surface area (Å²) in [6.45, 7) is 5.49. The minimum Gasteiger partial charge on any atom is -0.314 e. The van der Waals surface area contributed by atoms with E-state index in [0.717, 1.165) is 30.1 Å². The minimum absolute atomic E-state index is 0.642. The summed E-state index contributed by atoms with van der Waals surface area (Å²) in [7, 11) is 2.03. The Hall–Kier alpha value is -0.540. The van der Waals surface area contributed by atoms with E-state index in [-0.39, 0.29) is 0 Å². The first-order valence-corrected chi connectivity index (χ1v) is 8.98. The molecule has 1 fully saturated rings. The van der Waals surface area contributed by atoms with Gasteiger partial charge in [-0.15, -0.1) is 0 Å². The molecule has 2 rings (SSSR count). The molecule has 21 heavy (non-hydrogen) atoms. The second-order valence-corrected chi connectivity index (χ2v) is 6.73. The Morgan fingerprint density at radius 1 is 1.24 bits per heavy atom. The molecule has 0 radical (unpaired) electrons. The molecule has 2 atom stereocenters. The molecular weight excluding hydrogens is 282 g/mol. The molecule has 1 aliphatic rings. The fourth-order valence-electron chi connectivity index (χ4n) is 3.52. The van der Waals surface area contributed by atoms with Crippen molar-refractivity contribution in [1.29, 1.82) is 0 Å². The molecule has 0 amide bonds. The molecule has 0 saturated heterocycles. The Bertz CT molecular complexity index is 441. The molecule has 0 spiro atoms. The number of hydrogen-bond donors (Lipinski definition) is 1. The lowest BCUT2D eigenvalue weighted by molar-refractivity contribution is 0.327. The molecule has 1 heterocycles. The van der Waals surface area contributed by atoms with Crippen LogP contribution in [0.2, 0.25) is 5.02 Å². The highest BCUT2D eigenvalue weighted by Crippen LogP contribution is 2.30. The average molecular weight is 312 g/mol. The van der Waals surface area contributed by atoms with Crippen molar-refractivity contribution < 1.29 is 0 Å². The Kier molecular flexibility index (Phi) is 6.56. The van der Waals surface area contributed by atoms with Crippen molar-refractivity contribution in [2.75, 3.05) is 6.54 Å². The van der Waals surface area contributed by atoms with Crippen molar-refractivity contribution in [1.82, 2.24) is 15.1 Å². The molecule has 3 nitrogen and oxygen atoms in total. The molecule has 4 heteroatoms. The fourth-order valence-corrected chi connectivity index (χ4v) is 3.89. The monoisotopic (exact) mass is 311 g/mol. The Balaban J connectivity index is 2.12. The van der Waals surface area contributed by atoms with Crippen molar-refractivity contribution in [2.45, 2.75) is 71.3 Å². The molecular formula is C17H30ClN3. The number of hydrogen-bond acceptors (Lipinski definition) is 2. The van der Waals surface area contributed by atoms with Crippen LogP contribution in [0.25, 0.3) is 0 Å². The van der Waals surface area contributed by atoms with Gasteiger partial charge in [-0.25, -0.2) is 0 Å². The summed E-state index contributed by atoms with van der Waals surface area (Å²) in [5.74, 6) is 0.691. The van der Waals surface area contributed by atoms with E-state index in [1.807, 2.05) is 11.7 Å². The van der Waals surface area contributed by atoms with Gasteiger partial charge in [0.05, 0.1) is 16.4 Å². The summed E-state index contributed by atoms with van der Waals surface area (Å²) < 4.78 is 2.00. The van der Waals surface area contributed by atoms with E-state index >= 15 is 0 Å². The summed E-state index contributed by atoms with van der Waals surface area (Å²) >= 11 is 6.54. The molecule has 0 bridgehead atoms. The third kappa shape index (κ3) is 4.23. The van der Waals surface area contributed by atoms with Crippen LogP contribution in [-0.2, 0) is 19.9 Å². The van der Waals surface area contributed by atoms with Crippen molar-refractivity contribution >= 4 is 11.6 Å². The third-order valence-corrected chi connectivity index (χ3v) is 5.21. The van der Waals surface area contributed by atoms with Crippen molar-refractivity contribution in [3.8, 4) is 0 Å². The van der Waals surface area contributed by atoms with Gasteiger partial charge < -0.3 is 5.32 Å². The van der Waals surface area contributed by atoms with Gasteiger partial charge in [0.25, 0.3) is 0 Å². The van der Waals surface area contributed by atoms with Crippen molar-refractivity contribution in [3.63, 3.8) is 0 Å². The molecule has 1 N–H and O–H groups in total. The predicted octanol–water partition coefficient (Wildman–Crippen LogP) is 4.13. The van der Waals surface area contributed by atoms with Crippen LogP contribution in [0.4, 0.5) is 0 Å². The van der Waals surface area contributed by atoms with E-state index in [2.05, 4.69) is 24.3 Å². The lowest BCUT2D eigenvalue weighted by Crippen LogP contribution is -2.37. The van der Waals surface area contributed by atoms with Crippen LogP contribution in [0.5, 0.6) is 0 Å². The van der Waals surface area contributed by atoms with Crippen molar-refractivity contribution in [3.05, 3.63) is 16.4 Å². The quantitative estimate of drug-likeness (QED) is 0.801. The molecule has 1 aliphatic carbocycles. The fraction of sp³-hybridized carbons (Fsp3) is 0.824. The number of nitrogens with one attached hydrogen (secondary N) is 1. The summed E-state index contributed by atoms with van der Waals surface area (Å²) in [4.78, 5) is 0. The second kappa shape index (κ2) is 8.19. The first-order valence-electron chi connectivity index (χ1n) is 8.61. The molecule has 1 aromatic rings. The van der Waals surface area contributed by atoms with Crippen LogP contribution < -0.4 is 5.32 Å². The Labute approximate surface area is 134 Å². The van der Waals surface area contributed by atoms with Gasteiger partial charge in [0.2, 0.25) is 0 Å². The van der Waals surface area contributed by atoms with Gasteiger partial charge >= 0.3 is 0 Å². The van der Waals surface area contributed by atoms with E-state index in [0.29, 0.717) is 12.0 Å². The maximum Gasteiger partial charge on any atom is 0.0849 e. The second-order valence-electron chi connectivity index (χ2n) is 6.35. The molecule has 0 aromatic carbocycles. The molecule has 1 aromatic heterocycles. The van der Waals surface area contributed by atoms with Crippen LogP contribution in [0.15, 0.2) is 0 Å². The number of aromatic nitrogens is 2. The SMILES string of the molecule is CCCNC1CCCCCC1Cc1c(Cl)c(CC)nn1C. The molecule has 2 unspecified atom stereocenters.